The van der Waals surface area contributed by atoms with Crippen LogP contribution in [-0.2, 0) is 11.3 Å². The Morgan fingerprint density at radius 2 is 1.96 bits per heavy atom. The van der Waals surface area contributed by atoms with Crippen molar-refractivity contribution in [3.05, 3.63) is 65.5 Å². The topological polar surface area (TPSA) is 49.4 Å². The van der Waals surface area contributed by atoms with Gasteiger partial charge < -0.3 is 10.2 Å². The molecule has 1 aliphatic rings. The number of halogens is 1. The maximum atomic E-state index is 13.4. The Morgan fingerprint density at radius 1 is 1.20 bits per heavy atom. The molecule has 5 heteroatoms. The lowest BCUT2D eigenvalue weighted by Gasteiger charge is -2.28. The molecule has 1 aliphatic heterocycles. The number of carbonyl (C=O) groups is 2. The van der Waals surface area contributed by atoms with Crippen LogP contribution in [0.1, 0.15) is 36.2 Å². The summed E-state index contributed by atoms with van der Waals surface area (Å²) in [7, 11) is 0. The van der Waals surface area contributed by atoms with Crippen molar-refractivity contribution in [2.24, 2.45) is 5.92 Å². The second kappa shape index (κ2) is 7.05. The lowest BCUT2D eigenvalue weighted by molar-refractivity contribution is -0.121. The lowest BCUT2D eigenvalue weighted by Crippen LogP contribution is -2.45. The zero-order valence-corrected chi connectivity index (χ0v) is 14.3. The molecular formula is C20H21FN2O2. The van der Waals surface area contributed by atoms with Gasteiger partial charge in [0, 0.05) is 17.8 Å². The van der Waals surface area contributed by atoms with Crippen LogP contribution >= 0.6 is 0 Å². The highest BCUT2D eigenvalue weighted by Crippen LogP contribution is 2.27. The summed E-state index contributed by atoms with van der Waals surface area (Å²) in [6.45, 7) is 4.44. The number of nitrogens with one attached hydrogen (secondary N) is 1. The van der Waals surface area contributed by atoms with E-state index < -0.39 is 11.9 Å². The van der Waals surface area contributed by atoms with Crippen LogP contribution in [0.4, 0.5) is 10.1 Å². The van der Waals surface area contributed by atoms with E-state index in [0.29, 0.717) is 24.2 Å². The molecule has 4 nitrogen and oxygen atoms in total. The van der Waals surface area contributed by atoms with E-state index in [1.807, 2.05) is 32.0 Å². The molecule has 0 aliphatic carbocycles. The summed E-state index contributed by atoms with van der Waals surface area (Å²) < 4.78 is 13.4. The Balaban J connectivity index is 1.83. The standard InChI is InChI=1S/C20H21FN2O2/c1-13(2)10-18(19(24)22-16-8-5-7-15(21)11-16)23-12-14-6-3-4-9-17(14)20(23)25/h3-9,11,13,18H,10,12H2,1-2H3,(H,22,24). The molecule has 0 saturated carbocycles. The number of hydrogen-bond acceptors (Lipinski definition) is 2. The molecule has 1 heterocycles. The molecule has 1 N–H and O–H groups in total. The number of benzene rings is 2. The molecule has 25 heavy (non-hydrogen) atoms. The molecule has 0 spiro atoms. The van der Waals surface area contributed by atoms with Crippen LogP contribution in [-0.4, -0.2) is 22.8 Å². The van der Waals surface area contributed by atoms with Crippen LogP contribution in [0.5, 0.6) is 0 Å². The SMILES string of the molecule is CC(C)CC(C(=O)Nc1cccc(F)c1)N1Cc2ccccc2C1=O. The highest BCUT2D eigenvalue weighted by atomic mass is 19.1. The third-order valence-corrected chi connectivity index (χ3v) is 4.32. The van der Waals surface area contributed by atoms with Crippen molar-refractivity contribution in [2.45, 2.75) is 32.9 Å². The van der Waals surface area contributed by atoms with Gasteiger partial charge in [-0.05, 0) is 42.2 Å². The molecule has 2 amide bonds. The van der Waals surface area contributed by atoms with Crippen molar-refractivity contribution in [3.63, 3.8) is 0 Å². The van der Waals surface area contributed by atoms with Crippen molar-refractivity contribution >= 4 is 17.5 Å². The van der Waals surface area contributed by atoms with E-state index in [2.05, 4.69) is 5.32 Å². The number of fused-ring (bicyclic) bond motifs is 1. The van der Waals surface area contributed by atoms with Crippen molar-refractivity contribution in [1.82, 2.24) is 4.90 Å². The lowest BCUT2D eigenvalue weighted by atomic mass is 10.0. The Bertz CT molecular complexity index is 804. The van der Waals surface area contributed by atoms with E-state index in [1.54, 1.807) is 23.1 Å². The minimum absolute atomic E-state index is 0.129. The molecular weight excluding hydrogens is 319 g/mol. The molecule has 1 atom stereocenters. The molecule has 0 bridgehead atoms. The van der Waals surface area contributed by atoms with E-state index >= 15 is 0 Å². The molecule has 0 radical (unpaired) electrons. The monoisotopic (exact) mass is 340 g/mol. The second-order valence-electron chi connectivity index (χ2n) is 6.74. The van der Waals surface area contributed by atoms with Crippen molar-refractivity contribution in [1.29, 1.82) is 0 Å². The van der Waals surface area contributed by atoms with Crippen molar-refractivity contribution in [3.8, 4) is 0 Å². The Labute approximate surface area is 146 Å². The summed E-state index contributed by atoms with van der Waals surface area (Å²) in [5, 5.41) is 2.74. The number of nitrogens with zero attached hydrogens (tertiary/aromatic N) is 1. The van der Waals surface area contributed by atoms with Crippen LogP contribution in [0.25, 0.3) is 0 Å². The molecule has 2 aromatic rings. The third kappa shape index (κ3) is 3.71. The van der Waals surface area contributed by atoms with Crippen LogP contribution in [0, 0.1) is 11.7 Å². The van der Waals surface area contributed by atoms with Crippen LogP contribution in [0.15, 0.2) is 48.5 Å². The summed E-state index contributed by atoms with van der Waals surface area (Å²) in [5.74, 6) is -0.598. The number of amides is 2. The van der Waals surface area contributed by atoms with Gasteiger partial charge in [0.05, 0.1) is 0 Å². The van der Waals surface area contributed by atoms with Gasteiger partial charge in [0.25, 0.3) is 5.91 Å². The predicted octanol–water partition coefficient (Wildman–Crippen LogP) is 3.83. The zero-order valence-electron chi connectivity index (χ0n) is 14.3. The summed E-state index contributed by atoms with van der Waals surface area (Å²) in [4.78, 5) is 27.1. The minimum atomic E-state index is -0.594. The average molecular weight is 340 g/mol. The van der Waals surface area contributed by atoms with Gasteiger partial charge in [0.2, 0.25) is 5.91 Å². The normalized spacial score (nSPS) is 14.6. The van der Waals surface area contributed by atoms with E-state index in [1.165, 1.54) is 12.1 Å². The fourth-order valence-electron chi connectivity index (χ4n) is 3.14. The van der Waals surface area contributed by atoms with Gasteiger partial charge in [-0.1, -0.05) is 38.1 Å². The number of hydrogen-bond donors (Lipinski definition) is 1. The van der Waals surface area contributed by atoms with Gasteiger partial charge in [0.1, 0.15) is 11.9 Å². The van der Waals surface area contributed by atoms with Gasteiger partial charge in [-0.15, -0.1) is 0 Å². The molecule has 3 rings (SSSR count). The first-order chi connectivity index (χ1) is 12.0. The number of carbonyl (C=O) groups excluding carboxylic acids is 2. The van der Waals surface area contributed by atoms with Crippen LogP contribution < -0.4 is 5.32 Å². The zero-order chi connectivity index (χ0) is 18.0. The molecule has 0 saturated heterocycles. The van der Waals surface area contributed by atoms with Crippen molar-refractivity contribution in [2.75, 3.05) is 5.32 Å². The van der Waals surface area contributed by atoms with Crippen LogP contribution in [0.2, 0.25) is 0 Å². The van der Waals surface area contributed by atoms with Gasteiger partial charge >= 0.3 is 0 Å². The first-order valence-electron chi connectivity index (χ1n) is 8.41. The predicted molar refractivity (Wildman–Crippen MR) is 94.6 cm³/mol. The van der Waals surface area contributed by atoms with Gasteiger partial charge in [-0.25, -0.2) is 4.39 Å². The fraction of sp³-hybridized carbons (Fsp3) is 0.300. The third-order valence-electron chi connectivity index (χ3n) is 4.32. The highest BCUT2D eigenvalue weighted by Gasteiger charge is 2.36. The summed E-state index contributed by atoms with van der Waals surface area (Å²) in [5.41, 5.74) is 1.97. The van der Waals surface area contributed by atoms with Gasteiger partial charge in [-0.3, -0.25) is 9.59 Å². The maximum Gasteiger partial charge on any atom is 0.255 e. The van der Waals surface area contributed by atoms with E-state index in [-0.39, 0.29) is 17.7 Å². The largest absolute Gasteiger partial charge is 0.324 e. The highest BCUT2D eigenvalue weighted by molar-refractivity contribution is 6.03. The van der Waals surface area contributed by atoms with Crippen LogP contribution in [0.3, 0.4) is 0 Å². The maximum absolute atomic E-state index is 13.4. The first-order valence-corrected chi connectivity index (χ1v) is 8.41. The van der Waals surface area contributed by atoms with Gasteiger partial charge in [-0.2, -0.15) is 0 Å². The first kappa shape index (κ1) is 17.1. The van der Waals surface area contributed by atoms with E-state index in [4.69, 9.17) is 0 Å². The average Bonchev–Trinajstić information content (AvgIpc) is 2.89. The Morgan fingerprint density at radius 3 is 2.64 bits per heavy atom. The Kier molecular flexibility index (Phi) is 4.83. The van der Waals surface area contributed by atoms with Gasteiger partial charge in [0.15, 0.2) is 0 Å². The Hall–Kier alpha value is -2.69. The number of rotatable bonds is 5. The summed E-state index contributed by atoms with van der Waals surface area (Å²) in [6, 6.07) is 12.6. The minimum Gasteiger partial charge on any atom is -0.324 e. The molecule has 0 fully saturated rings. The second-order valence-corrected chi connectivity index (χ2v) is 6.74. The summed E-state index contributed by atoms with van der Waals surface area (Å²) >= 11 is 0. The van der Waals surface area contributed by atoms with E-state index in [0.717, 1.165) is 5.56 Å². The fourth-order valence-corrected chi connectivity index (χ4v) is 3.14. The molecule has 0 aromatic heterocycles. The molecule has 1 unspecified atom stereocenters. The number of anilines is 1. The molecule has 2 aromatic carbocycles. The van der Waals surface area contributed by atoms with E-state index in [9.17, 15) is 14.0 Å². The van der Waals surface area contributed by atoms with Crippen molar-refractivity contribution < 1.29 is 14.0 Å². The summed E-state index contributed by atoms with van der Waals surface area (Å²) in [6.07, 6.45) is 0.543. The smallest absolute Gasteiger partial charge is 0.255 e. The molecule has 130 valence electrons. The quantitative estimate of drug-likeness (QED) is 0.899.